The Morgan fingerprint density at radius 2 is 2.04 bits per heavy atom. The number of nitrogens with one attached hydrogen (secondary N) is 1. The number of hydrogen-bond donors (Lipinski definition) is 1. The normalized spacial score (nSPS) is 28.4. The van der Waals surface area contributed by atoms with Crippen LogP contribution in [0.5, 0.6) is 11.5 Å². The summed E-state index contributed by atoms with van der Waals surface area (Å²) in [6.45, 7) is 0.849. The van der Waals surface area contributed by atoms with Crippen LogP contribution in [0.15, 0.2) is 18.2 Å². The topological polar surface area (TPSA) is 84.9 Å². The first-order chi connectivity index (χ1) is 10.9. The number of nitrogens with zero attached hydrogens (tertiary/aromatic N) is 1. The van der Waals surface area contributed by atoms with Crippen LogP contribution in [0.2, 0.25) is 0 Å². The number of sulfonamides is 1. The first-order valence-corrected chi connectivity index (χ1v) is 9.48. The molecule has 0 unspecified atom stereocenters. The molecule has 4 rings (SSSR count). The van der Waals surface area contributed by atoms with Gasteiger partial charge in [0.05, 0.1) is 6.26 Å². The van der Waals surface area contributed by atoms with Crippen molar-refractivity contribution in [3.05, 3.63) is 23.8 Å². The minimum absolute atomic E-state index is 0.0763. The van der Waals surface area contributed by atoms with E-state index in [2.05, 4.69) is 4.72 Å². The Balaban J connectivity index is 1.55. The highest BCUT2D eigenvalue weighted by molar-refractivity contribution is 7.88. The van der Waals surface area contributed by atoms with Crippen LogP contribution < -0.4 is 14.2 Å². The van der Waals surface area contributed by atoms with Crippen molar-refractivity contribution in [2.45, 2.75) is 24.9 Å². The summed E-state index contributed by atoms with van der Waals surface area (Å²) in [6.07, 6.45) is 2.80. The van der Waals surface area contributed by atoms with Crippen LogP contribution in [0, 0.1) is 5.92 Å². The molecule has 23 heavy (non-hydrogen) atoms. The van der Waals surface area contributed by atoms with Crippen molar-refractivity contribution in [1.29, 1.82) is 0 Å². The predicted molar refractivity (Wildman–Crippen MR) is 81.9 cm³/mol. The van der Waals surface area contributed by atoms with Gasteiger partial charge in [-0.1, -0.05) is 0 Å². The summed E-state index contributed by atoms with van der Waals surface area (Å²) < 4.78 is 36.2. The van der Waals surface area contributed by atoms with Crippen LogP contribution in [-0.2, 0) is 10.0 Å². The number of hydrogen-bond acceptors (Lipinski definition) is 5. The number of ether oxygens (including phenoxy) is 2. The molecule has 2 fully saturated rings. The van der Waals surface area contributed by atoms with E-state index < -0.39 is 10.0 Å². The molecule has 3 aliphatic rings. The molecule has 7 nitrogen and oxygen atoms in total. The fourth-order valence-electron chi connectivity index (χ4n) is 3.86. The molecule has 2 heterocycles. The molecule has 1 N–H and O–H groups in total. The van der Waals surface area contributed by atoms with Crippen molar-refractivity contribution in [3.8, 4) is 11.5 Å². The van der Waals surface area contributed by atoms with Gasteiger partial charge in [0.2, 0.25) is 16.8 Å². The largest absolute Gasteiger partial charge is 0.454 e. The van der Waals surface area contributed by atoms with Crippen molar-refractivity contribution >= 4 is 15.9 Å². The van der Waals surface area contributed by atoms with Gasteiger partial charge < -0.3 is 14.4 Å². The van der Waals surface area contributed by atoms with Crippen molar-refractivity contribution in [2.75, 3.05) is 19.6 Å². The fourth-order valence-corrected chi connectivity index (χ4v) is 4.66. The van der Waals surface area contributed by atoms with Gasteiger partial charge in [-0.15, -0.1) is 0 Å². The van der Waals surface area contributed by atoms with E-state index in [1.165, 1.54) is 0 Å². The maximum absolute atomic E-state index is 12.8. The van der Waals surface area contributed by atoms with Gasteiger partial charge >= 0.3 is 0 Å². The second kappa shape index (κ2) is 5.10. The van der Waals surface area contributed by atoms with Crippen molar-refractivity contribution in [1.82, 2.24) is 9.62 Å². The molecule has 1 saturated carbocycles. The summed E-state index contributed by atoms with van der Waals surface area (Å²) >= 11 is 0. The number of amides is 1. The second-order valence-electron chi connectivity index (χ2n) is 6.43. The third-order valence-electron chi connectivity index (χ3n) is 4.73. The van der Waals surface area contributed by atoms with Crippen LogP contribution in [-0.4, -0.2) is 50.9 Å². The quantitative estimate of drug-likeness (QED) is 0.871. The lowest BCUT2D eigenvalue weighted by Gasteiger charge is -2.33. The smallest absolute Gasteiger partial charge is 0.254 e. The Bertz CT molecular complexity index is 763. The average Bonchev–Trinajstić information content (AvgIpc) is 3.18. The van der Waals surface area contributed by atoms with Crippen molar-refractivity contribution in [2.24, 2.45) is 5.92 Å². The standard InChI is InChI=1S/C15H18N2O5S/c1-23(19,20)16-11-4-9-5-12(11)17(7-9)15(18)10-2-3-13-14(6-10)22-8-21-13/h2-3,6,9,11-12,16H,4-5,7-8H2,1H3/t9-,11+,12-/m1/s1. The molecule has 1 aromatic rings. The minimum atomic E-state index is -3.28. The lowest BCUT2D eigenvalue weighted by Crippen LogP contribution is -2.51. The van der Waals surface area contributed by atoms with E-state index in [1.54, 1.807) is 23.1 Å². The fraction of sp³-hybridized carbons (Fsp3) is 0.533. The highest BCUT2D eigenvalue weighted by Crippen LogP contribution is 2.40. The second-order valence-corrected chi connectivity index (χ2v) is 8.21. The van der Waals surface area contributed by atoms with Gasteiger partial charge in [0.25, 0.3) is 5.91 Å². The molecule has 1 saturated heterocycles. The Morgan fingerprint density at radius 1 is 1.26 bits per heavy atom. The van der Waals surface area contributed by atoms with E-state index in [0.29, 0.717) is 29.5 Å². The van der Waals surface area contributed by atoms with Crippen LogP contribution in [0.1, 0.15) is 23.2 Å². The highest BCUT2D eigenvalue weighted by atomic mass is 32.2. The van der Waals surface area contributed by atoms with E-state index in [0.717, 1.165) is 19.1 Å². The summed E-state index contributed by atoms with van der Waals surface area (Å²) in [5.74, 6) is 1.49. The Morgan fingerprint density at radius 3 is 2.78 bits per heavy atom. The Labute approximate surface area is 134 Å². The summed E-state index contributed by atoms with van der Waals surface area (Å²) in [5, 5.41) is 0. The molecule has 3 atom stereocenters. The van der Waals surface area contributed by atoms with Crippen molar-refractivity contribution in [3.63, 3.8) is 0 Å². The first-order valence-electron chi connectivity index (χ1n) is 7.58. The van der Waals surface area contributed by atoms with Gasteiger partial charge in [0, 0.05) is 24.2 Å². The molecule has 0 spiro atoms. The number of rotatable bonds is 3. The number of benzene rings is 1. The highest BCUT2D eigenvalue weighted by Gasteiger charge is 2.47. The van der Waals surface area contributed by atoms with E-state index in [4.69, 9.17) is 9.47 Å². The Hall–Kier alpha value is -1.80. The van der Waals surface area contributed by atoms with Crippen LogP contribution in [0.3, 0.4) is 0 Å². The van der Waals surface area contributed by atoms with Crippen LogP contribution in [0.4, 0.5) is 0 Å². The molecule has 0 aromatic heterocycles. The number of likely N-dealkylation sites (tertiary alicyclic amines) is 1. The zero-order valence-corrected chi connectivity index (χ0v) is 13.5. The Kier molecular flexibility index (Phi) is 3.28. The van der Waals surface area contributed by atoms with Gasteiger partial charge in [0.15, 0.2) is 11.5 Å². The summed E-state index contributed by atoms with van der Waals surface area (Å²) in [4.78, 5) is 14.6. The molecule has 0 radical (unpaired) electrons. The van der Waals surface area contributed by atoms with E-state index >= 15 is 0 Å². The van der Waals surface area contributed by atoms with E-state index in [9.17, 15) is 13.2 Å². The van der Waals surface area contributed by atoms with Gasteiger partial charge in [0.1, 0.15) is 0 Å². The number of carbonyl (C=O) groups is 1. The number of fused-ring (bicyclic) bond motifs is 3. The molecular weight excluding hydrogens is 320 g/mol. The third kappa shape index (κ3) is 2.66. The summed E-state index contributed by atoms with van der Waals surface area (Å²) in [6, 6.07) is 4.88. The third-order valence-corrected chi connectivity index (χ3v) is 5.46. The van der Waals surface area contributed by atoms with Crippen LogP contribution >= 0.6 is 0 Å². The maximum Gasteiger partial charge on any atom is 0.254 e. The summed E-state index contributed by atoms with van der Waals surface area (Å²) in [7, 11) is -3.28. The number of piperidine rings is 1. The molecule has 1 aromatic carbocycles. The molecule has 2 bridgehead atoms. The summed E-state index contributed by atoms with van der Waals surface area (Å²) in [5.41, 5.74) is 0.542. The maximum atomic E-state index is 12.8. The minimum Gasteiger partial charge on any atom is -0.454 e. The van der Waals surface area contributed by atoms with E-state index in [1.807, 2.05) is 0 Å². The molecular formula is C15H18N2O5S. The molecule has 1 amide bonds. The zero-order valence-electron chi connectivity index (χ0n) is 12.7. The van der Waals surface area contributed by atoms with Crippen molar-refractivity contribution < 1.29 is 22.7 Å². The molecule has 124 valence electrons. The first kappa shape index (κ1) is 14.8. The monoisotopic (exact) mass is 338 g/mol. The zero-order chi connectivity index (χ0) is 16.2. The van der Waals surface area contributed by atoms with Crippen LogP contribution in [0.25, 0.3) is 0 Å². The molecule has 2 aliphatic heterocycles. The van der Waals surface area contributed by atoms with Gasteiger partial charge in [-0.2, -0.15) is 0 Å². The van der Waals surface area contributed by atoms with Gasteiger partial charge in [-0.05, 0) is 37.0 Å². The van der Waals surface area contributed by atoms with Gasteiger partial charge in [-0.3, -0.25) is 4.79 Å². The number of carbonyl (C=O) groups excluding carboxylic acids is 1. The average molecular weight is 338 g/mol. The predicted octanol–water partition coefficient (Wildman–Crippen LogP) is 0.567. The van der Waals surface area contributed by atoms with Gasteiger partial charge in [-0.25, -0.2) is 13.1 Å². The SMILES string of the molecule is CS(=O)(=O)N[C@H]1C[C@@H]2C[C@H]1N(C(=O)c1ccc3c(c1)OCO3)C2. The van der Waals surface area contributed by atoms with E-state index in [-0.39, 0.29) is 24.8 Å². The lowest BCUT2D eigenvalue weighted by molar-refractivity contribution is 0.0677. The lowest BCUT2D eigenvalue weighted by atomic mass is 10.0. The molecule has 8 heteroatoms. The molecule has 1 aliphatic carbocycles.